The summed E-state index contributed by atoms with van der Waals surface area (Å²) in [5.41, 5.74) is 1.32. The van der Waals surface area contributed by atoms with Gasteiger partial charge in [-0.1, -0.05) is 48.5 Å². The van der Waals surface area contributed by atoms with Gasteiger partial charge in [0.05, 0.1) is 0 Å². The Morgan fingerprint density at radius 2 is 1.70 bits per heavy atom. The van der Waals surface area contributed by atoms with Crippen LogP contribution in [0.1, 0.15) is 16.5 Å². The smallest absolute Gasteiger partial charge is 0.191 e. The second-order valence-electron chi connectivity index (χ2n) is 7.34. The Kier molecular flexibility index (Phi) is 10.0. The van der Waals surface area contributed by atoms with Gasteiger partial charge in [0.1, 0.15) is 6.10 Å². The van der Waals surface area contributed by atoms with Crippen molar-refractivity contribution in [3.8, 4) is 0 Å². The van der Waals surface area contributed by atoms with Crippen LogP contribution < -0.4 is 10.6 Å². The van der Waals surface area contributed by atoms with Gasteiger partial charge in [0.25, 0.3) is 0 Å². The Morgan fingerprint density at radius 3 is 2.37 bits per heavy atom. The number of hydrogen-bond donors (Lipinski definition) is 3. The highest BCUT2D eigenvalue weighted by Gasteiger charge is 2.15. The average Bonchev–Trinajstić information content (AvgIpc) is 3.17. The second kappa shape index (κ2) is 12.2. The molecule has 0 saturated carbocycles. The standard InChI is InChI=1S/C23H30N4OS.HI/c1-24-23(25-15-19(27(2)3)13-17-9-5-4-6-10-17)26-16-20(28)22-14-18-11-7-8-12-21(18)29-22;/h4-12,14,19-20,28H,13,15-16H2,1-3H3,(H2,24,25,26);1H. The van der Waals surface area contributed by atoms with Gasteiger partial charge in [0.2, 0.25) is 0 Å². The van der Waals surface area contributed by atoms with E-state index < -0.39 is 6.10 Å². The minimum atomic E-state index is -0.570. The first-order valence-electron chi connectivity index (χ1n) is 9.88. The van der Waals surface area contributed by atoms with E-state index >= 15 is 0 Å². The Bertz CT molecular complexity index is 896. The van der Waals surface area contributed by atoms with Crippen LogP contribution in [0.3, 0.4) is 0 Å². The van der Waals surface area contributed by atoms with Crippen LogP contribution in [-0.2, 0) is 6.42 Å². The van der Waals surface area contributed by atoms with Gasteiger partial charge in [0, 0.05) is 35.8 Å². The quantitative estimate of drug-likeness (QED) is 0.232. The van der Waals surface area contributed by atoms with Crippen LogP contribution in [0.2, 0.25) is 0 Å². The van der Waals surface area contributed by atoms with Gasteiger partial charge in [-0.15, -0.1) is 35.3 Å². The molecule has 0 radical (unpaired) electrons. The number of aliphatic hydroxyl groups is 1. The molecule has 0 aliphatic rings. The molecule has 3 N–H and O–H groups in total. The molecule has 3 aromatic rings. The van der Waals surface area contributed by atoms with E-state index in [0.29, 0.717) is 18.5 Å². The fourth-order valence-corrected chi connectivity index (χ4v) is 4.27. The first kappa shape index (κ1) is 24.6. The maximum atomic E-state index is 10.6. The molecule has 0 spiro atoms. The molecule has 2 unspecified atom stereocenters. The lowest BCUT2D eigenvalue weighted by Crippen LogP contribution is -2.46. The van der Waals surface area contributed by atoms with Crippen molar-refractivity contribution < 1.29 is 5.11 Å². The van der Waals surface area contributed by atoms with E-state index in [4.69, 9.17) is 0 Å². The van der Waals surface area contributed by atoms with E-state index in [2.05, 4.69) is 77.1 Å². The summed E-state index contributed by atoms with van der Waals surface area (Å²) < 4.78 is 1.19. The number of hydrogen-bond acceptors (Lipinski definition) is 4. The number of guanidine groups is 1. The number of nitrogens with one attached hydrogen (secondary N) is 2. The van der Waals surface area contributed by atoms with Crippen LogP contribution in [0, 0.1) is 0 Å². The van der Waals surface area contributed by atoms with E-state index in [1.807, 2.05) is 18.2 Å². The monoisotopic (exact) mass is 538 g/mol. The third-order valence-electron chi connectivity index (χ3n) is 5.01. The summed E-state index contributed by atoms with van der Waals surface area (Å²) in [6.45, 7) is 1.18. The topological polar surface area (TPSA) is 59.9 Å². The maximum Gasteiger partial charge on any atom is 0.191 e. The zero-order chi connectivity index (χ0) is 20.6. The van der Waals surface area contributed by atoms with E-state index in [9.17, 15) is 5.11 Å². The fraction of sp³-hybridized carbons (Fsp3) is 0.348. The molecule has 0 amide bonds. The summed E-state index contributed by atoms with van der Waals surface area (Å²) in [7, 11) is 5.94. The maximum absolute atomic E-state index is 10.6. The summed E-state index contributed by atoms with van der Waals surface area (Å²) in [6, 6.07) is 21.1. The van der Waals surface area contributed by atoms with E-state index in [-0.39, 0.29) is 24.0 Å². The second-order valence-corrected chi connectivity index (χ2v) is 8.46. The molecule has 7 heteroatoms. The first-order valence-corrected chi connectivity index (χ1v) is 10.7. The van der Waals surface area contributed by atoms with E-state index in [0.717, 1.165) is 17.8 Å². The zero-order valence-corrected chi connectivity index (χ0v) is 20.9. The molecule has 3 rings (SSSR count). The van der Waals surface area contributed by atoms with E-state index in [1.165, 1.54) is 15.6 Å². The van der Waals surface area contributed by atoms with Gasteiger partial charge in [-0.05, 0) is 43.6 Å². The minimum absolute atomic E-state index is 0. The number of aliphatic hydroxyl groups excluding tert-OH is 1. The van der Waals surface area contributed by atoms with E-state index in [1.54, 1.807) is 18.4 Å². The molecule has 2 aromatic carbocycles. The lowest BCUT2D eigenvalue weighted by atomic mass is 10.1. The third kappa shape index (κ3) is 6.94. The molecule has 2 atom stereocenters. The van der Waals surface area contributed by atoms with Crippen LogP contribution >= 0.6 is 35.3 Å². The largest absolute Gasteiger partial charge is 0.386 e. The summed E-state index contributed by atoms with van der Waals surface area (Å²) >= 11 is 1.63. The van der Waals surface area contributed by atoms with Crippen LogP contribution in [0.5, 0.6) is 0 Å². The molecular weight excluding hydrogens is 507 g/mol. The Labute approximate surface area is 200 Å². The molecule has 0 saturated heterocycles. The van der Waals surface area contributed by atoms with Gasteiger partial charge in [-0.2, -0.15) is 0 Å². The Balaban J connectivity index is 0.00000320. The summed E-state index contributed by atoms with van der Waals surface area (Å²) in [5, 5.41) is 18.4. The molecule has 5 nitrogen and oxygen atoms in total. The molecule has 0 aliphatic heterocycles. The van der Waals surface area contributed by atoms with Crippen LogP contribution in [-0.4, -0.2) is 56.2 Å². The van der Waals surface area contributed by atoms with Crippen molar-refractivity contribution in [1.82, 2.24) is 15.5 Å². The van der Waals surface area contributed by atoms with Crippen molar-refractivity contribution in [2.75, 3.05) is 34.2 Å². The van der Waals surface area contributed by atoms with Crippen molar-refractivity contribution in [3.05, 3.63) is 71.1 Å². The number of aliphatic imine (C=N–C) groups is 1. The molecule has 30 heavy (non-hydrogen) atoms. The number of thiophene rings is 1. The normalized spacial score (nSPS) is 13.7. The minimum Gasteiger partial charge on any atom is -0.386 e. The first-order chi connectivity index (χ1) is 14.1. The predicted molar refractivity (Wildman–Crippen MR) is 139 cm³/mol. The SMILES string of the molecule is CN=C(NCC(O)c1cc2ccccc2s1)NCC(Cc1ccccc1)N(C)C.I. The van der Waals surface area contributed by atoms with Crippen molar-refractivity contribution in [2.45, 2.75) is 18.6 Å². The number of rotatable bonds is 8. The zero-order valence-electron chi connectivity index (χ0n) is 17.7. The van der Waals surface area contributed by atoms with Crippen LogP contribution in [0.25, 0.3) is 10.1 Å². The van der Waals surface area contributed by atoms with Gasteiger partial charge < -0.3 is 20.6 Å². The molecule has 1 aromatic heterocycles. The molecular formula is C23H31IN4OS. The fourth-order valence-electron chi connectivity index (χ4n) is 3.22. The van der Waals surface area contributed by atoms with Gasteiger partial charge in [-0.3, -0.25) is 4.99 Å². The lowest BCUT2D eigenvalue weighted by Gasteiger charge is -2.26. The summed E-state index contributed by atoms with van der Waals surface area (Å²) in [5.74, 6) is 0.699. The predicted octanol–water partition coefficient (Wildman–Crippen LogP) is 3.89. The number of nitrogens with zero attached hydrogens (tertiary/aromatic N) is 2. The molecule has 0 bridgehead atoms. The van der Waals surface area contributed by atoms with Crippen LogP contribution in [0.15, 0.2) is 65.7 Å². The lowest BCUT2D eigenvalue weighted by molar-refractivity contribution is 0.184. The number of fused-ring (bicyclic) bond motifs is 1. The van der Waals surface area contributed by atoms with Crippen molar-refractivity contribution in [2.24, 2.45) is 4.99 Å². The van der Waals surface area contributed by atoms with Crippen LogP contribution in [0.4, 0.5) is 0 Å². The van der Waals surface area contributed by atoms with Crippen molar-refractivity contribution in [3.63, 3.8) is 0 Å². The molecule has 0 aliphatic carbocycles. The molecule has 1 heterocycles. The highest BCUT2D eigenvalue weighted by atomic mass is 127. The number of likely N-dealkylation sites (N-methyl/N-ethyl adjacent to an activating group) is 1. The summed E-state index contributed by atoms with van der Waals surface area (Å²) in [4.78, 5) is 7.49. The van der Waals surface area contributed by atoms with Crippen molar-refractivity contribution in [1.29, 1.82) is 0 Å². The van der Waals surface area contributed by atoms with Gasteiger partial charge >= 0.3 is 0 Å². The van der Waals surface area contributed by atoms with Gasteiger partial charge in [-0.25, -0.2) is 0 Å². The molecule has 0 fully saturated rings. The number of benzene rings is 2. The number of halogens is 1. The highest BCUT2D eigenvalue weighted by molar-refractivity contribution is 14.0. The Hall–Kier alpha value is -1.68. The van der Waals surface area contributed by atoms with Gasteiger partial charge in [0.15, 0.2) is 5.96 Å². The molecule has 162 valence electrons. The summed E-state index contributed by atoms with van der Waals surface area (Å²) in [6.07, 6.45) is 0.391. The van der Waals surface area contributed by atoms with Crippen molar-refractivity contribution >= 4 is 51.4 Å². The average molecular weight is 538 g/mol. The Morgan fingerprint density at radius 1 is 1.03 bits per heavy atom. The third-order valence-corrected chi connectivity index (χ3v) is 6.23. The highest BCUT2D eigenvalue weighted by Crippen LogP contribution is 2.29.